The van der Waals surface area contributed by atoms with Gasteiger partial charge in [0, 0.05) is 23.5 Å². The number of methoxy groups -OCH3 is 1. The predicted molar refractivity (Wildman–Crippen MR) is 108 cm³/mol. The van der Waals surface area contributed by atoms with Crippen LogP contribution >= 0.6 is 0 Å². The lowest BCUT2D eigenvalue weighted by atomic mass is 9.87. The summed E-state index contributed by atoms with van der Waals surface area (Å²) in [6.07, 6.45) is 0.575. The van der Waals surface area contributed by atoms with Gasteiger partial charge < -0.3 is 19.8 Å². The van der Waals surface area contributed by atoms with E-state index in [1.807, 2.05) is 18.2 Å². The van der Waals surface area contributed by atoms with Gasteiger partial charge in [0.05, 0.1) is 12.8 Å². The molecule has 0 saturated carbocycles. The van der Waals surface area contributed by atoms with Crippen LogP contribution in [-0.4, -0.2) is 40.7 Å². The number of nitrogens with zero attached hydrogens (tertiary/aromatic N) is 2. The number of imide groups is 1. The number of hydrogen-bond donors (Lipinski definition) is 3. The molecule has 3 amide bonds. The summed E-state index contributed by atoms with van der Waals surface area (Å²) in [6, 6.07) is 11.2. The summed E-state index contributed by atoms with van der Waals surface area (Å²) >= 11 is 0. The Labute approximate surface area is 171 Å². The van der Waals surface area contributed by atoms with E-state index in [2.05, 4.69) is 4.98 Å². The van der Waals surface area contributed by atoms with Gasteiger partial charge in [-0.3, -0.25) is 4.79 Å². The number of fused-ring (bicyclic) bond motifs is 5. The Morgan fingerprint density at radius 3 is 2.73 bits per heavy atom. The van der Waals surface area contributed by atoms with Gasteiger partial charge in [-0.25, -0.2) is 14.9 Å². The van der Waals surface area contributed by atoms with Crippen molar-refractivity contribution in [3.63, 3.8) is 0 Å². The number of H-pyrrole nitrogens is 1. The van der Waals surface area contributed by atoms with Crippen LogP contribution in [0.15, 0.2) is 42.5 Å². The van der Waals surface area contributed by atoms with Gasteiger partial charge in [-0.1, -0.05) is 12.1 Å². The van der Waals surface area contributed by atoms with E-state index in [4.69, 9.17) is 4.74 Å². The first-order valence-corrected chi connectivity index (χ1v) is 9.55. The highest BCUT2D eigenvalue weighted by molar-refractivity contribution is 6.24. The van der Waals surface area contributed by atoms with E-state index >= 15 is 0 Å². The summed E-state index contributed by atoms with van der Waals surface area (Å²) in [5.41, 5.74) is 1.22. The largest absolute Gasteiger partial charge is 0.595 e. The Morgan fingerprint density at radius 2 is 2.00 bits per heavy atom. The Bertz CT molecular complexity index is 1200. The number of urea groups is 1. The van der Waals surface area contributed by atoms with Crippen LogP contribution < -0.4 is 14.9 Å². The summed E-state index contributed by atoms with van der Waals surface area (Å²) in [4.78, 5) is 32.7. The molecule has 1 fully saturated rings. The molecule has 1 aromatic heterocycles. The highest BCUT2D eigenvalue weighted by Gasteiger charge is 2.59. The molecule has 3 aromatic rings. The lowest BCUT2D eigenvalue weighted by Crippen LogP contribution is -2.99. The summed E-state index contributed by atoms with van der Waals surface area (Å²) in [6.45, 7) is 2.06. The van der Waals surface area contributed by atoms with E-state index in [1.165, 1.54) is 17.0 Å². The Morgan fingerprint density at radius 1 is 1.23 bits per heavy atom. The van der Waals surface area contributed by atoms with E-state index in [0.717, 1.165) is 21.4 Å². The minimum Gasteiger partial charge on any atom is -0.595 e. The standard InChI is InChI=1S/C21H20N4O5/c1-21-18-13(14-11-12(30-2)7-8-15(14)22-18)9-10-23(21)20(27)24(19(21)26)16-5-3-4-6-17(16)25(28)29/h3-8,11,22,25,28H,9-10H2,1-2H3/t21-/m0/s1. The molecule has 0 bridgehead atoms. The van der Waals surface area contributed by atoms with Crippen LogP contribution in [0.4, 0.5) is 16.2 Å². The Balaban J connectivity index is 1.68. The molecule has 3 heterocycles. The van der Waals surface area contributed by atoms with Gasteiger partial charge in [-0.15, -0.1) is 0 Å². The number of ether oxygens (including phenoxy) is 1. The van der Waals surface area contributed by atoms with Crippen molar-refractivity contribution in [3.8, 4) is 5.75 Å². The van der Waals surface area contributed by atoms with Crippen LogP contribution in [0.2, 0.25) is 0 Å². The minimum absolute atomic E-state index is 0.0787. The topological polar surface area (TPSA) is 113 Å². The van der Waals surface area contributed by atoms with Crippen LogP contribution in [0, 0.1) is 5.21 Å². The quantitative estimate of drug-likeness (QED) is 0.452. The van der Waals surface area contributed by atoms with Crippen LogP contribution in [-0.2, 0) is 16.8 Å². The number of amides is 3. The third kappa shape index (κ3) is 2.28. The van der Waals surface area contributed by atoms with Crippen molar-refractivity contribution in [3.05, 3.63) is 58.9 Å². The SMILES string of the molecule is COc1ccc2[nH]c3c(c2c1)CCN1C(=O)N(c2ccccc2[NH+]([O-])O)C(=O)[C@]31C. The van der Waals surface area contributed by atoms with Gasteiger partial charge in [0.25, 0.3) is 5.91 Å². The molecule has 2 aromatic carbocycles. The van der Waals surface area contributed by atoms with Crippen LogP contribution in [0.3, 0.4) is 0 Å². The molecule has 9 nitrogen and oxygen atoms in total. The van der Waals surface area contributed by atoms with Gasteiger partial charge in [0.15, 0.2) is 11.2 Å². The molecule has 1 saturated heterocycles. The van der Waals surface area contributed by atoms with Crippen molar-refractivity contribution in [2.75, 3.05) is 18.6 Å². The average Bonchev–Trinajstić information content (AvgIpc) is 3.21. The monoisotopic (exact) mass is 408 g/mol. The number of para-hydroxylation sites is 2. The zero-order chi connectivity index (χ0) is 21.2. The van der Waals surface area contributed by atoms with Crippen molar-refractivity contribution in [1.29, 1.82) is 0 Å². The van der Waals surface area contributed by atoms with Gasteiger partial charge in [0.1, 0.15) is 11.4 Å². The van der Waals surface area contributed by atoms with E-state index in [1.54, 1.807) is 26.2 Å². The Kier molecular flexibility index (Phi) is 3.91. The number of anilines is 1. The van der Waals surface area contributed by atoms with Crippen molar-refractivity contribution in [2.45, 2.75) is 18.9 Å². The Hall–Kier alpha value is -3.40. The van der Waals surface area contributed by atoms with Gasteiger partial charge in [0.2, 0.25) is 0 Å². The molecule has 154 valence electrons. The average molecular weight is 408 g/mol. The second kappa shape index (κ2) is 6.30. The normalized spacial score (nSPS) is 21.7. The summed E-state index contributed by atoms with van der Waals surface area (Å²) in [7, 11) is 1.60. The maximum Gasteiger partial charge on any atom is 0.332 e. The molecule has 9 heteroatoms. The number of aromatic nitrogens is 1. The van der Waals surface area contributed by atoms with E-state index in [-0.39, 0.29) is 11.4 Å². The third-order valence-corrected chi connectivity index (χ3v) is 6.14. The number of rotatable bonds is 3. The number of quaternary nitrogens is 1. The number of carbonyl (C=O) groups is 2. The van der Waals surface area contributed by atoms with Crippen LogP contribution in [0.1, 0.15) is 18.2 Å². The number of aromatic amines is 1. The lowest BCUT2D eigenvalue weighted by molar-refractivity contribution is -0.990. The van der Waals surface area contributed by atoms with Crippen molar-refractivity contribution in [1.82, 2.24) is 9.88 Å². The predicted octanol–water partition coefficient (Wildman–Crippen LogP) is 1.82. The fourth-order valence-corrected chi connectivity index (χ4v) is 4.61. The van der Waals surface area contributed by atoms with Crippen molar-refractivity contribution in [2.24, 2.45) is 0 Å². The molecule has 2 aliphatic heterocycles. The highest BCUT2D eigenvalue weighted by atomic mass is 16.8. The fraction of sp³-hybridized carbons (Fsp3) is 0.238. The minimum atomic E-state index is -1.25. The van der Waals surface area contributed by atoms with Crippen LogP contribution in [0.25, 0.3) is 10.9 Å². The fourth-order valence-electron chi connectivity index (χ4n) is 4.61. The summed E-state index contributed by atoms with van der Waals surface area (Å²) in [5, 5.41) is 21.0. The molecule has 5 rings (SSSR count). The maximum absolute atomic E-state index is 13.6. The second-order valence-electron chi connectivity index (χ2n) is 7.61. The van der Waals surface area contributed by atoms with Gasteiger partial charge in [-0.2, -0.15) is 5.23 Å². The third-order valence-electron chi connectivity index (χ3n) is 6.14. The molecule has 30 heavy (non-hydrogen) atoms. The number of hydrogen-bond acceptors (Lipinski definition) is 5. The number of benzene rings is 2. The zero-order valence-corrected chi connectivity index (χ0v) is 16.4. The summed E-state index contributed by atoms with van der Waals surface area (Å²) < 4.78 is 5.33. The first-order chi connectivity index (χ1) is 14.4. The van der Waals surface area contributed by atoms with Gasteiger partial charge >= 0.3 is 6.03 Å². The highest BCUT2D eigenvalue weighted by Crippen LogP contribution is 2.46. The first kappa shape index (κ1) is 18.6. The molecule has 2 atom stereocenters. The molecule has 3 N–H and O–H groups in total. The number of carbonyl (C=O) groups excluding carboxylic acids is 2. The van der Waals surface area contributed by atoms with E-state index in [9.17, 15) is 20.0 Å². The lowest BCUT2D eigenvalue weighted by Gasteiger charge is -2.35. The van der Waals surface area contributed by atoms with Gasteiger partial charge in [-0.05, 0) is 43.2 Å². The molecular formula is C21H20N4O5. The molecule has 0 aliphatic carbocycles. The molecule has 0 spiro atoms. The van der Waals surface area contributed by atoms with Crippen molar-refractivity contribution >= 4 is 34.2 Å². The first-order valence-electron chi connectivity index (χ1n) is 9.55. The second-order valence-corrected chi connectivity index (χ2v) is 7.61. The molecule has 0 radical (unpaired) electrons. The van der Waals surface area contributed by atoms with Crippen molar-refractivity contribution < 1.29 is 24.8 Å². The maximum atomic E-state index is 13.6. The number of nitrogens with one attached hydrogen (secondary N) is 2. The van der Waals surface area contributed by atoms with E-state index < -0.39 is 22.7 Å². The van der Waals surface area contributed by atoms with E-state index in [0.29, 0.717) is 24.4 Å². The molecular weight excluding hydrogens is 388 g/mol. The smallest absolute Gasteiger partial charge is 0.332 e. The summed E-state index contributed by atoms with van der Waals surface area (Å²) in [5.74, 6) is 0.239. The molecule has 1 unspecified atom stereocenters. The molecule has 2 aliphatic rings. The zero-order valence-electron chi connectivity index (χ0n) is 16.4. The van der Waals surface area contributed by atoms with Crippen LogP contribution in [0.5, 0.6) is 5.75 Å².